The summed E-state index contributed by atoms with van der Waals surface area (Å²) in [6.07, 6.45) is 5.56. The Kier molecular flexibility index (Phi) is 4.69. The van der Waals surface area contributed by atoms with Crippen LogP contribution in [0.3, 0.4) is 0 Å². The third kappa shape index (κ3) is 3.33. The van der Waals surface area contributed by atoms with Gasteiger partial charge in [-0.2, -0.15) is 0 Å². The standard InChI is InChI=1S/C21H22N4O/c1-26-19-6-4-17(5-7-19)21-20(3-2-10-23-21)25-15-13-24(14-16-25)18-8-11-22-12-9-18/h2-12H,13-16H2,1H3. The minimum atomic E-state index is 0.859. The maximum Gasteiger partial charge on any atom is 0.118 e. The predicted molar refractivity (Wildman–Crippen MR) is 105 cm³/mol. The number of piperazine rings is 1. The van der Waals surface area contributed by atoms with Gasteiger partial charge >= 0.3 is 0 Å². The summed E-state index contributed by atoms with van der Waals surface area (Å²) in [5.74, 6) is 0.859. The topological polar surface area (TPSA) is 41.5 Å². The molecule has 0 amide bonds. The average Bonchev–Trinajstić information content (AvgIpc) is 2.75. The van der Waals surface area contributed by atoms with Crippen molar-refractivity contribution in [3.05, 3.63) is 67.1 Å². The first-order chi connectivity index (χ1) is 12.8. The van der Waals surface area contributed by atoms with Crippen molar-refractivity contribution in [2.75, 3.05) is 43.1 Å². The fraction of sp³-hybridized carbons (Fsp3) is 0.238. The number of nitrogens with zero attached hydrogens (tertiary/aromatic N) is 4. The Hall–Kier alpha value is -3.08. The molecule has 0 atom stereocenters. The van der Waals surface area contributed by atoms with E-state index in [9.17, 15) is 0 Å². The van der Waals surface area contributed by atoms with Crippen LogP contribution in [0.15, 0.2) is 67.1 Å². The molecule has 1 fully saturated rings. The number of benzene rings is 1. The predicted octanol–water partition coefficient (Wildman–Crippen LogP) is 3.48. The van der Waals surface area contributed by atoms with Gasteiger partial charge in [0, 0.05) is 56.0 Å². The number of methoxy groups -OCH3 is 1. The minimum Gasteiger partial charge on any atom is -0.497 e. The molecule has 1 aromatic carbocycles. The van der Waals surface area contributed by atoms with E-state index in [-0.39, 0.29) is 0 Å². The molecule has 3 aromatic rings. The lowest BCUT2D eigenvalue weighted by molar-refractivity contribution is 0.415. The zero-order valence-corrected chi connectivity index (χ0v) is 14.9. The number of anilines is 2. The second kappa shape index (κ2) is 7.44. The highest BCUT2D eigenvalue weighted by atomic mass is 16.5. The van der Waals surface area contributed by atoms with Gasteiger partial charge in [0.1, 0.15) is 5.75 Å². The largest absolute Gasteiger partial charge is 0.497 e. The first kappa shape index (κ1) is 16.4. The number of rotatable bonds is 4. The van der Waals surface area contributed by atoms with E-state index in [1.165, 1.54) is 11.4 Å². The smallest absolute Gasteiger partial charge is 0.118 e. The lowest BCUT2D eigenvalue weighted by atomic mass is 10.1. The Morgan fingerprint density at radius 1 is 0.808 bits per heavy atom. The molecule has 1 aliphatic rings. The lowest BCUT2D eigenvalue weighted by Crippen LogP contribution is -2.46. The molecule has 26 heavy (non-hydrogen) atoms. The minimum absolute atomic E-state index is 0.859. The third-order valence-corrected chi connectivity index (χ3v) is 4.80. The quantitative estimate of drug-likeness (QED) is 0.723. The Balaban J connectivity index is 1.54. The van der Waals surface area contributed by atoms with Crippen molar-refractivity contribution < 1.29 is 4.74 Å². The molecule has 0 radical (unpaired) electrons. The van der Waals surface area contributed by atoms with Crippen molar-refractivity contribution in [3.63, 3.8) is 0 Å². The van der Waals surface area contributed by atoms with Gasteiger partial charge in [0.2, 0.25) is 0 Å². The SMILES string of the molecule is COc1ccc(-c2ncccc2N2CCN(c3ccncc3)CC2)cc1. The summed E-state index contributed by atoms with van der Waals surface area (Å²) < 4.78 is 5.26. The van der Waals surface area contributed by atoms with E-state index >= 15 is 0 Å². The Labute approximate surface area is 153 Å². The van der Waals surface area contributed by atoms with Crippen LogP contribution in [-0.2, 0) is 0 Å². The molecule has 5 heteroatoms. The molecule has 0 saturated carbocycles. The van der Waals surface area contributed by atoms with E-state index in [2.05, 4.69) is 50.1 Å². The van der Waals surface area contributed by atoms with Crippen LogP contribution in [0, 0.1) is 0 Å². The lowest BCUT2D eigenvalue weighted by Gasteiger charge is -2.37. The average molecular weight is 346 g/mol. The summed E-state index contributed by atoms with van der Waals surface area (Å²) in [7, 11) is 1.68. The van der Waals surface area contributed by atoms with Gasteiger partial charge in [0.25, 0.3) is 0 Å². The van der Waals surface area contributed by atoms with E-state index < -0.39 is 0 Å². The first-order valence-corrected chi connectivity index (χ1v) is 8.84. The summed E-state index contributed by atoms with van der Waals surface area (Å²) in [6, 6.07) is 16.4. The molecular formula is C21H22N4O. The van der Waals surface area contributed by atoms with E-state index in [1.54, 1.807) is 7.11 Å². The summed E-state index contributed by atoms with van der Waals surface area (Å²) in [4.78, 5) is 13.6. The van der Waals surface area contributed by atoms with Crippen molar-refractivity contribution in [2.24, 2.45) is 0 Å². The molecule has 1 saturated heterocycles. The van der Waals surface area contributed by atoms with Crippen LogP contribution >= 0.6 is 0 Å². The van der Waals surface area contributed by atoms with Crippen LogP contribution in [0.5, 0.6) is 5.75 Å². The summed E-state index contributed by atoms with van der Waals surface area (Å²) in [5.41, 5.74) is 4.55. The van der Waals surface area contributed by atoms with Crippen LogP contribution in [-0.4, -0.2) is 43.3 Å². The van der Waals surface area contributed by atoms with E-state index in [0.29, 0.717) is 0 Å². The fourth-order valence-corrected chi connectivity index (χ4v) is 3.38. The molecule has 132 valence electrons. The van der Waals surface area contributed by atoms with Gasteiger partial charge in [-0.3, -0.25) is 9.97 Å². The van der Waals surface area contributed by atoms with E-state index in [1.807, 2.05) is 36.8 Å². The van der Waals surface area contributed by atoms with Crippen molar-refractivity contribution in [1.82, 2.24) is 9.97 Å². The molecule has 0 unspecified atom stereocenters. The Bertz CT molecular complexity index is 843. The Morgan fingerprint density at radius 3 is 2.19 bits per heavy atom. The second-order valence-electron chi connectivity index (χ2n) is 6.28. The van der Waals surface area contributed by atoms with Crippen molar-refractivity contribution in [2.45, 2.75) is 0 Å². The number of aromatic nitrogens is 2. The van der Waals surface area contributed by atoms with Crippen LogP contribution in [0.4, 0.5) is 11.4 Å². The monoisotopic (exact) mass is 346 g/mol. The molecule has 0 aliphatic carbocycles. The highest BCUT2D eigenvalue weighted by Gasteiger charge is 2.20. The maximum absolute atomic E-state index is 5.26. The van der Waals surface area contributed by atoms with Gasteiger partial charge in [-0.15, -0.1) is 0 Å². The summed E-state index contributed by atoms with van der Waals surface area (Å²) in [6.45, 7) is 3.91. The van der Waals surface area contributed by atoms with Gasteiger partial charge in [0.05, 0.1) is 18.5 Å². The van der Waals surface area contributed by atoms with Gasteiger partial charge in [0.15, 0.2) is 0 Å². The molecular weight excluding hydrogens is 324 g/mol. The molecule has 0 spiro atoms. The van der Waals surface area contributed by atoms with Crippen molar-refractivity contribution in [3.8, 4) is 17.0 Å². The van der Waals surface area contributed by atoms with E-state index in [4.69, 9.17) is 4.74 Å². The summed E-state index contributed by atoms with van der Waals surface area (Å²) >= 11 is 0. The normalized spacial score (nSPS) is 14.3. The van der Waals surface area contributed by atoms with Crippen LogP contribution < -0.4 is 14.5 Å². The first-order valence-electron chi connectivity index (χ1n) is 8.84. The number of hydrogen-bond acceptors (Lipinski definition) is 5. The number of pyridine rings is 2. The second-order valence-corrected chi connectivity index (χ2v) is 6.28. The molecule has 3 heterocycles. The molecule has 5 nitrogen and oxygen atoms in total. The Morgan fingerprint density at radius 2 is 1.50 bits per heavy atom. The summed E-state index contributed by atoms with van der Waals surface area (Å²) in [5, 5.41) is 0. The van der Waals surface area contributed by atoms with Crippen LogP contribution in [0.2, 0.25) is 0 Å². The molecule has 0 N–H and O–H groups in total. The fourth-order valence-electron chi connectivity index (χ4n) is 3.38. The van der Waals surface area contributed by atoms with Crippen LogP contribution in [0.25, 0.3) is 11.3 Å². The van der Waals surface area contributed by atoms with Crippen molar-refractivity contribution in [1.29, 1.82) is 0 Å². The number of hydrogen-bond donors (Lipinski definition) is 0. The van der Waals surface area contributed by atoms with Gasteiger partial charge in [-0.25, -0.2) is 0 Å². The zero-order chi connectivity index (χ0) is 17.8. The van der Waals surface area contributed by atoms with Gasteiger partial charge < -0.3 is 14.5 Å². The zero-order valence-electron chi connectivity index (χ0n) is 14.9. The van der Waals surface area contributed by atoms with E-state index in [0.717, 1.165) is 43.2 Å². The number of ether oxygens (including phenoxy) is 1. The van der Waals surface area contributed by atoms with Crippen LogP contribution in [0.1, 0.15) is 0 Å². The molecule has 4 rings (SSSR count). The molecule has 2 aromatic heterocycles. The molecule has 1 aliphatic heterocycles. The van der Waals surface area contributed by atoms with Gasteiger partial charge in [-0.05, 0) is 48.5 Å². The highest BCUT2D eigenvalue weighted by Crippen LogP contribution is 2.31. The highest BCUT2D eigenvalue weighted by molar-refractivity contribution is 5.75. The molecule has 0 bridgehead atoms. The van der Waals surface area contributed by atoms with Crippen molar-refractivity contribution >= 4 is 11.4 Å². The third-order valence-electron chi connectivity index (χ3n) is 4.80. The van der Waals surface area contributed by atoms with Gasteiger partial charge in [-0.1, -0.05) is 0 Å². The maximum atomic E-state index is 5.26.